The summed E-state index contributed by atoms with van der Waals surface area (Å²) in [7, 11) is 0. The molecule has 0 aliphatic carbocycles. The van der Waals surface area contributed by atoms with Crippen molar-refractivity contribution in [2.45, 2.75) is 12.4 Å². The molecule has 0 heterocycles. The summed E-state index contributed by atoms with van der Waals surface area (Å²) in [5, 5.41) is 3.44. The Kier molecular flexibility index (Phi) is 6.43. The topological polar surface area (TPSA) is 67.4 Å². The van der Waals surface area contributed by atoms with Crippen LogP contribution in [0.5, 0.6) is 5.75 Å². The lowest BCUT2D eigenvalue weighted by Gasteiger charge is -2.13. The number of carbonyl (C=O) groups is 2. The summed E-state index contributed by atoms with van der Waals surface area (Å²) in [4.78, 5) is 22.4. The van der Waals surface area contributed by atoms with Crippen molar-refractivity contribution < 1.29 is 40.7 Å². The molecule has 2 amide bonds. The van der Waals surface area contributed by atoms with Crippen molar-refractivity contribution in [2.24, 2.45) is 0 Å². The Bertz CT molecular complexity index is 586. The molecule has 0 saturated carbocycles. The Balaban J connectivity index is 2.44. The van der Waals surface area contributed by atoms with E-state index in [1.165, 1.54) is 11.4 Å². The molecule has 0 unspecified atom stereocenters. The van der Waals surface area contributed by atoms with Gasteiger partial charge in [0.05, 0.1) is 12.1 Å². The number of rotatable bonds is 6. The highest BCUT2D eigenvalue weighted by Crippen LogP contribution is 2.35. The largest absolute Gasteiger partial charge is 0.483 e. The molecule has 0 radical (unpaired) electrons. The zero-order valence-electron chi connectivity index (χ0n) is 11.9. The first kappa shape index (κ1) is 19.6. The minimum atomic E-state index is -4.68. The van der Waals surface area contributed by atoms with Crippen molar-refractivity contribution in [1.82, 2.24) is 10.6 Å². The maximum absolute atomic E-state index is 12.7. The molecule has 0 aliphatic heterocycles. The van der Waals surface area contributed by atoms with Gasteiger partial charge in [0.1, 0.15) is 12.3 Å². The summed E-state index contributed by atoms with van der Waals surface area (Å²) in [6, 6.07) is 4.18. The Morgan fingerprint density at radius 1 is 0.958 bits per heavy atom. The van der Waals surface area contributed by atoms with E-state index < -0.39 is 55.2 Å². The van der Waals surface area contributed by atoms with Gasteiger partial charge in [-0.15, -0.1) is 0 Å². The molecule has 0 aliphatic rings. The molecule has 0 aromatic heterocycles. The molecule has 0 atom stereocenters. The normalized spacial score (nSPS) is 11.8. The Morgan fingerprint density at radius 3 is 2.17 bits per heavy atom. The van der Waals surface area contributed by atoms with E-state index in [-0.39, 0.29) is 0 Å². The minimum absolute atomic E-state index is 0.582. The van der Waals surface area contributed by atoms with Crippen molar-refractivity contribution in [1.29, 1.82) is 0 Å². The van der Waals surface area contributed by atoms with Crippen molar-refractivity contribution >= 4 is 11.8 Å². The zero-order chi connectivity index (χ0) is 18.4. The lowest BCUT2D eigenvalue weighted by molar-refractivity contribution is -0.140. The Labute approximate surface area is 132 Å². The van der Waals surface area contributed by atoms with Crippen LogP contribution in [-0.4, -0.2) is 37.7 Å². The molecule has 1 aromatic carbocycles. The number of halogens is 6. The molecule has 1 aromatic rings. The monoisotopic (exact) mass is 358 g/mol. The smallest absolute Gasteiger partial charge is 0.419 e. The predicted octanol–water partition coefficient (Wildman–Crippen LogP) is 1.88. The lowest BCUT2D eigenvalue weighted by atomic mass is 10.2. The van der Waals surface area contributed by atoms with Crippen LogP contribution in [-0.2, 0) is 15.8 Å². The van der Waals surface area contributed by atoms with Crippen LogP contribution in [0, 0.1) is 0 Å². The first-order chi connectivity index (χ1) is 11.0. The van der Waals surface area contributed by atoms with E-state index in [0.29, 0.717) is 0 Å². The van der Waals surface area contributed by atoms with Crippen molar-refractivity contribution in [3.63, 3.8) is 0 Å². The number of nitrogens with one attached hydrogen (secondary N) is 2. The number of hydrogen-bond donors (Lipinski definition) is 2. The second-order valence-corrected chi connectivity index (χ2v) is 4.45. The summed E-state index contributed by atoms with van der Waals surface area (Å²) < 4.78 is 78.3. The third kappa shape index (κ3) is 7.20. The standard InChI is InChI=1S/C13H12F6N2O3/c14-12(15,16)7-21-10(22)5-20-11(23)6-24-9-4-2-1-3-8(9)13(17,18)19/h1-4H,5-7H2,(H,20,23)(H,21,22). The van der Waals surface area contributed by atoms with E-state index in [4.69, 9.17) is 4.74 Å². The van der Waals surface area contributed by atoms with E-state index in [1.54, 1.807) is 0 Å². The number of benzene rings is 1. The maximum atomic E-state index is 12.7. The van der Waals surface area contributed by atoms with Gasteiger partial charge in [0, 0.05) is 0 Å². The minimum Gasteiger partial charge on any atom is -0.483 e. The van der Waals surface area contributed by atoms with Gasteiger partial charge in [0.25, 0.3) is 5.91 Å². The first-order valence-corrected chi connectivity index (χ1v) is 6.38. The van der Waals surface area contributed by atoms with Crippen LogP contribution in [0.1, 0.15) is 5.56 Å². The number of hydrogen-bond acceptors (Lipinski definition) is 3. The summed E-state index contributed by atoms with van der Waals surface area (Å²) in [5.41, 5.74) is -1.08. The quantitative estimate of drug-likeness (QED) is 0.763. The molecule has 0 spiro atoms. The van der Waals surface area contributed by atoms with Gasteiger partial charge in [-0.2, -0.15) is 26.3 Å². The van der Waals surface area contributed by atoms with E-state index >= 15 is 0 Å². The molecule has 1 rings (SSSR count). The van der Waals surface area contributed by atoms with Crippen molar-refractivity contribution in [2.75, 3.05) is 19.7 Å². The fraction of sp³-hybridized carbons (Fsp3) is 0.385. The predicted molar refractivity (Wildman–Crippen MR) is 69.0 cm³/mol. The number of amides is 2. The average Bonchev–Trinajstić information content (AvgIpc) is 2.47. The van der Waals surface area contributed by atoms with Crippen LogP contribution in [0.2, 0.25) is 0 Å². The van der Waals surface area contributed by atoms with Crippen molar-refractivity contribution in [3.05, 3.63) is 29.8 Å². The highest BCUT2D eigenvalue weighted by atomic mass is 19.4. The molecular weight excluding hydrogens is 346 g/mol. The highest BCUT2D eigenvalue weighted by molar-refractivity contribution is 5.85. The Hall–Kier alpha value is -2.46. The summed E-state index contributed by atoms with van der Waals surface area (Å²) in [6.45, 7) is -3.16. The number of para-hydroxylation sites is 1. The molecule has 0 saturated heterocycles. The molecule has 2 N–H and O–H groups in total. The van der Waals surface area contributed by atoms with Crippen LogP contribution < -0.4 is 15.4 Å². The van der Waals surface area contributed by atoms with E-state index in [1.807, 2.05) is 5.32 Å². The van der Waals surface area contributed by atoms with Gasteiger partial charge < -0.3 is 15.4 Å². The number of ether oxygens (including phenoxy) is 1. The van der Waals surface area contributed by atoms with E-state index in [0.717, 1.165) is 18.2 Å². The van der Waals surface area contributed by atoms with Gasteiger partial charge in [-0.1, -0.05) is 12.1 Å². The molecule has 0 bridgehead atoms. The molecule has 134 valence electrons. The molecule has 5 nitrogen and oxygen atoms in total. The lowest BCUT2D eigenvalue weighted by Crippen LogP contribution is -2.42. The molecular formula is C13H12F6N2O3. The van der Waals surface area contributed by atoms with Gasteiger partial charge >= 0.3 is 12.4 Å². The summed E-state index contributed by atoms with van der Waals surface area (Å²) >= 11 is 0. The highest BCUT2D eigenvalue weighted by Gasteiger charge is 2.34. The fourth-order valence-corrected chi connectivity index (χ4v) is 1.46. The second-order valence-electron chi connectivity index (χ2n) is 4.45. The number of carbonyl (C=O) groups excluding carboxylic acids is 2. The Morgan fingerprint density at radius 2 is 1.58 bits per heavy atom. The van der Waals surface area contributed by atoms with Crippen molar-refractivity contribution in [3.8, 4) is 5.75 Å². The summed E-state index contributed by atoms with van der Waals surface area (Å²) in [5.74, 6) is -2.65. The molecule has 11 heteroatoms. The summed E-state index contributed by atoms with van der Waals surface area (Å²) in [6.07, 6.45) is -9.27. The van der Waals surface area contributed by atoms with E-state index in [2.05, 4.69) is 0 Å². The van der Waals surface area contributed by atoms with Crippen LogP contribution in [0.25, 0.3) is 0 Å². The van der Waals surface area contributed by atoms with Gasteiger partial charge in [-0.25, -0.2) is 0 Å². The molecule has 0 fully saturated rings. The zero-order valence-corrected chi connectivity index (χ0v) is 11.9. The maximum Gasteiger partial charge on any atom is 0.419 e. The van der Waals surface area contributed by atoms with Gasteiger partial charge in [-0.3, -0.25) is 9.59 Å². The third-order valence-electron chi connectivity index (χ3n) is 2.48. The average molecular weight is 358 g/mol. The fourth-order valence-electron chi connectivity index (χ4n) is 1.46. The first-order valence-electron chi connectivity index (χ1n) is 6.38. The van der Waals surface area contributed by atoms with E-state index in [9.17, 15) is 35.9 Å². The van der Waals surface area contributed by atoms with Crippen LogP contribution in [0.4, 0.5) is 26.3 Å². The van der Waals surface area contributed by atoms with Gasteiger partial charge in [0.2, 0.25) is 5.91 Å². The number of alkyl halides is 6. The van der Waals surface area contributed by atoms with Crippen LogP contribution in [0.3, 0.4) is 0 Å². The van der Waals surface area contributed by atoms with Crippen LogP contribution in [0.15, 0.2) is 24.3 Å². The molecule has 24 heavy (non-hydrogen) atoms. The van der Waals surface area contributed by atoms with Gasteiger partial charge in [-0.05, 0) is 12.1 Å². The second kappa shape index (κ2) is 7.88. The van der Waals surface area contributed by atoms with Crippen LogP contribution >= 0.6 is 0 Å². The SMILES string of the molecule is O=C(CNC(=O)COc1ccccc1C(F)(F)F)NCC(F)(F)F. The third-order valence-corrected chi connectivity index (χ3v) is 2.48. The van der Waals surface area contributed by atoms with Gasteiger partial charge in [0.15, 0.2) is 6.61 Å².